The molecule has 0 saturated carbocycles. The van der Waals surface area contributed by atoms with E-state index in [1.54, 1.807) is 4.90 Å². The first-order chi connectivity index (χ1) is 10.8. The average Bonchev–Trinajstić information content (AvgIpc) is 2.71. The summed E-state index contributed by atoms with van der Waals surface area (Å²) >= 11 is 0. The molecule has 23 heavy (non-hydrogen) atoms. The molecule has 4 nitrogen and oxygen atoms in total. The number of halogens is 3. The molecule has 2 rings (SSSR count). The molecule has 1 atom stereocenters. The fraction of sp³-hybridized carbons (Fsp3) is 0.562. The summed E-state index contributed by atoms with van der Waals surface area (Å²) in [5.74, 6) is -0.192. The SMILES string of the molecule is NC(Cc1ccccc1)C(=O)N1CCCN(CC(F)(F)F)CC1. The van der Waals surface area contributed by atoms with Crippen molar-refractivity contribution in [2.75, 3.05) is 32.7 Å². The van der Waals surface area contributed by atoms with Gasteiger partial charge in [0.15, 0.2) is 0 Å². The normalized spacial score (nSPS) is 18.5. The second kappa shape index (κ2) is 7.79. The first-order valence-corrected chi connectivity index (χ1v) is 7.72. The van der Waals surface area contributed by atoms with Crippen LogP contribution in [0.3, 0.4) is 0 Å². The number of alkyl halides is 3. The van der Waals surface area contributed by atoms with Gasteiger partial charge in [-0.3, -0.25) is 9.69 Å². The highest BCUT2D eigenvalue weighted by molar-refractivity contribution is 5.82. The van der Waals surface area contributed by atoms with Crippen LogP contribution in [0, 0.1) is 0 Å². The van der Waals surface area contributed by atoms with Crippen LogP contribution in [0.5, 0.6) is 0 Å². The van der Waals surface area contributed by atoms with Crippen LogP contribution in [0.2, 0.25) is 0 Å². The van der Waals surface area contributed by atoms with E-state index in [0.717, 1.165) is 5.56 Å². The van der Waals surface area contributed by atoms with Crippen LogP contribution in [0.4, 0.5) is 13.2 Å². The topological polar surface area (TPSA) is 49.6 Å². The Balaban J connectivity index is 1.87. The Morgan fingerprint density at radius 2 is 1.83 bits per heavy atom. The van der Waals surface area contributed by atoms with Gasteiger partial charge in [-0.15, -0.1) is 0 Å². The minimum atomic E-state index is -4.21. The zero-order chi connectivity index (χ0) is 16.9. The Morgan fingerprint density at radius 1 is 1.13 bits per heavy atom. The highest BCUT2D eigenvalue weighted by Gasteiger charge is 2.32. The molecule has 1 unspecified atom stereocenters. The van der Waals surface area contributed by atoms with Crippen LogP contribution in [-0.4, -0.2) is 60.6 Å². The quantitative estimate of drug-likeness (QED) is 0.914. The second-order valence-corrected chi connectivity index (χ2v) is 5.87. The molecule has 0 aliphatic carbocycles. The van der Waals surface area contributed by atoms with Gasteiger partial charge >= 0.3 is 6.18 Å². The minimum absolute atomic E-state index is 0.192. The minimum Gasteiger partial charge on any atom is -0.340 e. The van der Waals surface area contributed by atoms with Gasteiger partial charge in [-0.25, -0.2) is 0 Å². The largest absolute Gasteiger partial charge is 0.401 e. The van der Waals surface area contributed by atoms with Crippen molar-refractivity contribution in [2.45, 2.75) is 25.1 Å². The summed E-state index contributed by atoms with van der Waals surface area (Å²) in [5.41, 5.74) is 6.96. The van der Waals surface area contributed by atoms with Gasteiger partial charge in [0.05, 0.1) is 12.6 Å². The Hall–Kier alpha value is -1.60. The zero-order valence-electron chi connectivity index (χ0n) is 12.9. The highest BCUT2D eigenvalue weighted by Crippen LogP contribution is 2.18. The van der Waals surface area contributed by atoms with Crippen LogP contribution in [-0.2, 0) is 11.2 Å². The third-order valence-electron chi connectivity index (χ3n) is 3.92. The van der Waals surface area contributed by atoms with Crippen molar-refractivity contribution in [3.05, 3.63) is 35.9 Å². The summed E-state index contributed by atoms with van der Waals surface area (Å²) in [6.07, 6.45) is -3.24. The standard InChI is InChI=1S/C16H22F3N3O/c17-16(18,19)12-21-7-4-8-22(10-9-21)15(23)14(20)11-13-5-2-1-3-6-13/h1-3,5-6,14H,4,7-12,20H2. The van der Waals surface area contributed by atoms with Gasteiger partial charge in [0, 0.05) is 26.2 Å². The Bertz CT molecular complexity index is 507. The van der Waals surface area contributed by atoms with E-state index in [1.807, 2.05) is 30.3 Å². The lowest BCUT2D eigenvalue weighted by Crippen LogP contribution is -2.46. The smallest absolute Gasteiger partial charge is 0.340 e. The predicted octanol–water partition coefficient (Wildman–Crippen LogP) is 1.65. The van der Waals surface area contributed by atoms with E-state index in [4.69, 9.17) is 5.73 Å². The summed E-state index contributed by atoms with van der Waals surface area (Å²) < 4.78 is 37.4. The summed E-state index contributed by atoms with van der Waals surface area (Å²) in [7, 11) is 0. The van der Waals surface area contributed by atoms with Gasteiger partial charge in [-0.1, -0.05) is 30.3 Å². The van der Waals surface area contributed by atoms with Crippen molar-refractivity contribution in [2.24, 2.45) is 5.73 Å². The van der Waals surface area contributed by atoms with Crippen LogP contribution < -0.4 is 5.73 Å². The molecule has 1 fully saturated rings. The summed E-state index contributed by atoms with van der Waals surface area (Å²) in [6, 6.07) is 8.80. The number of nitrogens with zero attached hydrogens (tertiary/aromatic N) is 2. The molecule has 7 heteroatoms. The first-order valence-electron chi connectivity index (χ1n) is 7.72. The molecule has 1 saturated heterocycles. The summed E-state index contributed by atoms with van der Waals surface area (Å²) in [4.78, 5) is 15.3. The Morgan fingerprint density at radius 3 is 2.48 bits per heavy atom. The van der Waals surface area contributed by atoms with Crippen molar-refractivity contribution >= 4 is 5.91 Å². The molecular weight excluding hydrogens is 307 g/mol. The molecule has 1 aromatic carbocycles. The van der Waals surface area contributed by atoms with E-state index in [1.165, 1.54) is 4.90 Å². The molecule has 1 heterocycles. The lowest BCUT2D eigenvalue weighted by Gasteiger charge is -2.25. The Labute approximate surface area is 134 Å². The van der Waals surface area contributed by atoms with E-state index in [0.29, 0.717) is 25.9 Å². The van der Waals surface area contributed by atoms with Crippen LogP contribution in [0.15, 0.2) is 30.3 Å². The molecule has 128 valence electrons. The number of nitrogens with two attached hydrogens (primary N) is 1. The van der Waals surface area contributed by atoms with Crippen molar-refractivity contribution in [1.82, 2.24) is 9.80 Å². The molecule has 0 radical (unpaired) electrons. The van der Waals surface area contributed by atoms with E-state index in [2.05, 4.69) is 0 Å². The highest BCUT2D eigenvalue weighted by atomic mass is 19.4. The van der Waals surface area contributed by atoms with Crippen LogP contribution >= 0.6 is 0 Å². The van der Waals surface area contributed by atoms with E-state index in [9.17, 15) is 18.0 Å². The fourth-order valence-electron chi connectivity index (χ4n) is 2.79. The van der Waals surface area contributed by atoms with Gasteiger partial charge in [-0.05, 0) is 18.4 Å². The number of hydrogen-bond donors (Lipinski definition) is 1. The maximum Gasteiger partial charge on any atom is 0.401 e. The number of amides is 1. The van der Waals surface area contributed by atoms with Crippen LogP contribution in [0.25, 0.3) is 0 Å². The number of rotatable bonds is 4. The molecular formula is C16H22F3N3O. The number of benzene rings is 1. The number of hydrogen-bond acceptors (Lipinski definition) is 3. The van der Waals surface area contributed by atoms with Gasteiger partial charge in [0.1, 0.15) is 0 Å². The lowest BCUT2D eigenvalue weighted by molar-refractivity contribution is -0.145. The molecule has 1 aromatic rings. The average molecular weight is 329 g/mol. The molecule has 1 amide bonds. The molecule has 1 aliphatic rings. The molecule has 2 N–H and O–H groups in total. The molecule has 0 aromatic heterocycles. The fourth-order valence-corrected chi connectivity index (χ4v) is 2.79. The van der Waals surface area contributed by atoms with E-state index in [-0.39, 0.29) is 19.0 Å². The van der Waals surface area contributed by atoms with E-state index >= 15 is 0 Å². The van der Waals surface area contributed by atoms with E-state index < -0.39 is 18.8 Å². The van der Waals surface area contributed by atoms with Gasteiger partial charge in [-0.2, -0.15) is 13.2 Å². The predicted molar refractivity (Wildman–Crippen MR) is 81.8 cm³/mol. The van der Waals surface area contributed by atoms with Gasteiger partial charge in [0.25, 0.3) is 0 Å². The third kappa shape index (κ3) is 5.84. The van der Waals surface area contributed by atoms with Crippen molar-refractivity contribution < 1.29 is 18.0 Å². The van der Waals surface area contributed by atoms with Crippen molar-refractivity contribution in [1.29, 1.82) is 0 Å². The van der Waals surface area contributed by atoms with Gasteiger partial charge in [0.2, 0.25) is 5.91 Å². The zero-order valence-corrected chi connectivity index (χ0v) is 12.9. The maximum absolute atomic E-state index is 12.5. The van der Waals surface area contributed by atoms with Gasteiger partial charge < -0.3 is 10.6 Å². The number of carbonyl (C=O) groups is 1. The lowest BCUT2D eigenvalue weighted by atomic mass is 10.1. The molecule has 0 spiro atoms. The van der Waals surface area contributed by atoms with Crippen LogP contribution in [0.1, 0.15) is 12.0 Å². The first kappa shape index (κ1) is 17.7. The second-order valence-electron chi connectivity index (χ2n) is 5.87. The van der Waals surface area contributed by atoms with Crippen molar-refractivity contribution in [3.63, 3.8) is 0 Å². The summed E-state index contributed by atoms with van der Waals surface area (Å²) in [6.45, 7) is 0.388. The summed E-state index contributed by atoms with van der Waals surface area (Å²) in [5, 5.41) is 0. The monoisotopic (exact) mass is 329 g/mol. The molecule has 1 aliphatic heterocycles. The number of carbonyl (C=O) groups excluding carboxylic acids is 1. The molecule has 0 bridgehead atoms. The van der Waals surface area contributed by atoms with Crippen molar-refractivity contribution in [3.8, 4) is 0 Å². The maximum atomic E-state index is 12.5. The third-order valence-corrected chi connectivity index (χ3v) is 3.92. The Kier molecular flexibility index (Phi) is 6.01.